The topological polar surface area (TPSA) is 44.3 Å². The molecule has 5 nitrogen and oxygen atoms in total. The lowest BCUT2D eigenvalue weighted by Gasteiger charge is -2.20. The summed E-state index contributed by atoms with van der Waals surface area (Å²) in [5.74, 6) is 1.86. The van der Waals surface area contributed by atoms with E-state index in [1.807, 2.05) is 13.0 Å². The van der Waals surface area contributed by atoms with Gasteiger partial charge in [0.1, 0.15) is 11.6 Å². The second-order valence-corrected chi connectivity index (χ2v) is 5.48. The molecular formula is C14H25N5. The minimum atomic E-state index is 0.665. The summed E-state index contributed by atoms with van der Waals surface area (Å²) < 4.78 is 0. The molecule has 2 heterocycles. The molecule has 0 amide bonds. The number of anilines is 1. The van der Waals surface area contributed by atoms with Gasteiger partial charge in [0, 0.05) is 37.4 Å². The summed E-state index contributed by atoms with van der Waals surface area (Å²) in [5, 5.41) is 3.26. The molecule has 1 aromatic rings. The third-order valence-corrected chi connectivity index (χ3v) is 3.60. The molecule has 2 rings (SSSR count). The average molecular weight is 263 g/mol. The lowest BCUT2D eigenvalue weighted by molar-refractivity contribution is 0.261. The van der Waals surface area contributed by atoms with E-state index in [1.165, 1.54) is 6.42 Å². The highest BCUT2D eigenvalue weighted by molar-refractivity contribution is 5.35. The predicted molar refractivity (Wildman–Crippen MR) is 78.3 cm³/mol. The van der Waals surface area contributed by atoms with Gasteiger partial charge < -0.3 is 10.2 Å². The molecule has 5 heteroatoms. The molecule has 1 aromatic heterocycles. The molecule has 0 aliphatic carbocycles. The lowest BCUT2D eigenvalue weighted by Crippen LogP contribution is -2.31. The Morgan fingerprint density at radius 1 is 1.42 bits per heavy atom. The van der Waals surface area contributed by atoms with Gasteiger partial charge in [-0.2, -0.15) is 0 Å². The maximum atomic E-state index is 4.58. The van der Waals surface area contributed by atoms with Crippen molar-refractivity contribution in [2.45, 2.75) is 32.9 Å². The van der Waals surface area contributed by atoms with Crippen LogP contribution in [0.1, 0.15) is 24.9 Å². The van der Waals surface area contributed by atoms with Crippen molar-refractivity contribution in [2.24, 2.45) is 0 Å². The molecule has 0 bridgehead atoms. The molecule has 1 unspecified atom stereocenters. The van der Waals surface area contributed by atoms with Crippen molar-refractivity contribution in [3.05, 3.63) is 17.6 Å². The number of hydrogen-bond donors (Lipinski definition) is 1. The Kier molecular flexibility index (Phi) is 4.71. The number of aryl methyl sites for hydroxylation is 1. The Morgan fingerprint density at radius 2 is 2.21 bits per heavy atom. The molecule has 1 fully saturated rings. The van der Waals surface area contributed by atoms with E-state index in [0.717, 1.165) is 43.5 Å². The number of nitrogens with one attached hydrogen (secondary N) is 1. The molecule has 0 radical (unpaired) electrons. The third-order valence-electron chi connectivity index (χ3n) is 3.60. The molecule has 1 saturated heterocycles. The summed E-state index contributed by atoms with van der Waals surface area (Å²) in [7, 11) is 4.31. The van der Waals surface area contributed by atoms with Crippen LogP contribution in [0.3, 0.4) is 0 Å². The zero-order chi connectivity index (χ0) is 13.8. The molecule has 0 aromatic carbocycles. The molecule has 19 heavy (non-hydrogen) atoms. The molecule has 1 aliphatic rings. The number of likely N-dealkylation sites (N-methyl/N-ethyl adjacent to an activating group) is 1. The van der Waals surface area contributed by atoms with Gasteiger partial charge in [0.25, 0.3) is 0 Å². The summed E-state index contributed by atoms with van der Waals surface area (Å²) >= 11 is 0. The summed E-state index contributed by atoms with van der Waals surface area (Å²) in [6.07, 6.45) is 1.24. The molecule has 0 saturated carbocycles. The quantitative estimate of drug-likeness (QED) is 0.869. The highest BCUT2D eigenvalue weighted by atomic mass is 15.2. The number of rotatable bonds is 5. The second-order valence-electron chi connectivity index (χ2n) is 5.48. The summed E-state index contributed by atoms with van der Waals surface area (Å²) in [5.41, 5.74) is 1.03. The average Bonchev–Trinajstić information content (AvgIpc) is 2.77. The first-order chi connectivity index (χ1) is 9.08. The normalized spacial score (nSPS) is 20.2. The fourth-order valence-electron chi connectivity index (χ4n) is 2.55. The Hall–Kier alpha value is -1.20. The van der Waals surface area contributed by atoms with Crippen molar-refractivity contribution in [2.75, 3.05) is 39.0 Å². The van der Waals surface area contributed by atoms with Gasteiger partial charge in [-0.15, -0.1) is 0 Å². The lowest BCUT2D eigenvalue weighted by atomic mass is 10.2. The van der Waals surface area contributed by atoms with Crippen LogP contribution < -0.4 is 5.32 Å². The van der Waals surface area contributed by atoms with E-state index in [0.29, 0.717) is 6.04 Å². The molecule has 0 spiro atoms. The minimum Gasteiger partial charge on any atom is -0.370 e. The zero-order valence-corrected chi connectivity index (χ0v) is 12.5. The van der Waals surface area contributed by atoms with Crippen LogP contribution in [0, 0.1) is 6.92 Å². The Balaban J connectivity index is 1.99. The first kappa shape index (κ1) is 14.2. The number of likely N-dealkylation sites (tertiary alicyclic amines) is 1. The fraction of sp³-hybridized carbons (Fsp3) is 0.714. The van der Waals surface area contributed by atoms with Crippen molar-refractivity contribution < 1.29 is 0 Å². The van der Waals surface area contributed by atoms with E-state index in [9.17, 15) is 0 Å². The fourth-order valence-corrected chi connectivity index (χ4v) is 2.55. The van der Waals surface area contributed by atoms with Crippen molar-refractivity contribution in [1.29, 1.82) is 0 Å². The minimum absolute atomic E-state index is 0.665. The summed E-state index contributed by atoms with van der Waals surface area (Å²) in [6.45, 7) is 8.10. The van der Waals surface area contributed by atoms with Gasteiger partial charge in [0.05, 0.1) is 6.54 Å². The number of hydrogen-bond acceptors (Lipinski definition) is 5. The van der Waals surface area contributed by atoms with Crippen LogP contribution in [-0.4, -0.2) is 59.5 Å². The highest BCUT2D eigenvalue weighted by Gasteiger charge is 2.24. The van der Waals surface area contributed by atoms with E-state index in [4.69, 9.17) is 0 Å². The number of aromatic nitrogens is 2. The van der Waals surface area contributed by atoms with Gasteiger partial charge in [0.15, 0.2) is 0 Å². The smallest absolute Gasteiger partial charge is 0.144 e. The third kappa shape index (κ3) is 3.88. The van der Waals surface area contributed by atoms with Crippen molar-refractivity contribution in [3.63, 3.8) is 0 Å². The van der Waals surface area contributed by atoms with Crippen molar-refractivity contribution in [3.8, 4) is 0 Å². The second kappa shape index (κ2) is 6.30. The van der Waals surface area contributed by atoms with E-state index in [-0.39, 0.29) is 0 Å². The van der Waals surface area contributed by atoms with Crippen LogP contribution in [0.5, 0.6) is 0 Å². The van der Waals surface area contributed by atoms with E-state index < -0.39 is 0 Å². The maximum absolute atomic E-state index is 4.58. The van der Waals surface area contributed by atoms with Crippen LogP contribution in [0.4, 0.5) is 5.82 Å². The van der Waals surface area contributed by atoms with Gasteiger partial charge in [-0.05, 0) is 34.4 Å². The standard InChI is InChI=1S/C14H25N5/c1-5-15-13-8-11(2)16-14(17-13)10-19-7-6-12(9-19)18(3)4/h8,12H,5-7,9-10H2,1-4H3,(H,15,16,17). The molecule has 1 aliphatic heterocycles. The largest absolute Gasteiger partial charge is 0.370 e. The van der Waals surface area contributed by atoms with Gasteiger partial charge >= 0.3 is 0 Å². The molecular weight excluding hydrogens is 238 g/mol. The molecule has 106 valence electrons. The summed E-state index contributed by atoms with van der Waals surface area (Å²) in [6, 6.07) is 2.66. The molecule has 1 atom stereocenters. The van der Waals surface area contributed by atoms with Crippen LogP contribution >= 0.6 is 0 Å². The predicted octanol–water partition coefficient (Wildman–Crippen LogP) is 1.35. The molecule has 1 N–H and O–H groups in total. The Morgan fingerprint density at radius 3 is 2.84 bits per heavy atom. The van der Waals surface area contributed by atoms with E-state index >= 15 is 0 Å². The van der Waals surface area contributed by atoms with Gasteiger partial charge in [-0.25, -0.2) is 9.97 Å². The Labute approximate surface area is 116 Å². The Bertz CT molecular complexity index is 418. The van der Waals surface area contributed by atoms with Gasteiger partial charge in [-0.1, -0.05) is 0 Å². The van der Waals surface area contributed by atoms with E-state index in [1.54, 1.807) is 0 Å². The van der Waals surface area contributed by atoms with Crippen molar-refractivity contribution >= 4 is 5.82 Å². The van der Waals surface area contributed by atoms with Crippen LogP contribution in [0.25, 0.3) is 0 Å². The van der Waals surface area contributed by atoms with E-state index in [2.05, 4.69) is 46.1 Å². The monoisotopic (exact) mass is 263 g/mol. The SMILES string of the molecule is CCNc1cc(C)nc(CN2CCC(N(C)C)C2)n1. The van der Waals surface area contributed by atoms with Crippen LogP contribution in [-0.2, 0) is 6.54 Å². The first-order valence-corrected chi connectivity index (χ1v) is 7.05. The highest BCUT2D eigenvalue weighted by Crippen LogP contribution is 2.16. The van der Waals surface area contributed by atoms with Crippen LogP contribution in [0.15, 0.2) is 6.07 Å². The van der Waals surface area contributed by atoms with Gasteiger partial charge in [0.2, 0.25) is 0 Å². The zero-order valence-electron chi connectivity index (χ0n) is 12.5. The number of nitrogens with zero attached hydrogens (tertiary/aromatic N) is 4. The first-order valence-electron chi connectivity index (χ1n) is 7.05. The van der Waals surface area contributed by atoms with Gasteiger partial charge in [-0.3, -0.25) is 4.90 Å². The van der Waals surface area contributed by atoms with Crippen molar-refractivity contribution in [1.82, 2.24) is 19.8 Å². The summed E-state index contributed by atoms with van der Waals surface area (Å²) in [4.78, 5) is 13.9. The van der Waals surface area contributed by atoms with Crippen LogP contribution in [0.2, 0.25) is 0 Å². The maximum Gasteiger partial charge on any atom is 0.144 e.